The highest BCUT2D eigenvalue weighted by Gasteiger charge is 2.33. The van der Waals surface area contributed by atoms with E-state index in [9.17, 15) is 8.42 Å². The Morgan fingerprint density at radius 1 is 1.47 bits per heavy atom. The van der Waals surface area contributed by atoms with E-state index < -0.39 is 15.3 Å². The van der Waals surface area contributed by atoms with Crippen LogP contribution in [0, 0.1) is 0 Å². The van der Waals surface area contributed by atoms with Crippen LogP contribution in [0.4, 0.5) is 5.13 Å². The molecule has 0 aliphatic carbocycles. The number of thiocarbonyl (C=S) groups is 1. The Hall–Kier alpha value is -0.770. The highest BCUT2D eigenvalue weighted by molar-refractivity contribution is 7.92. The van der Waals surface area contributed by atoms with Gasteiger partial charge in [-0.2, -0.15) is 4.31 Å². The van der Waals surface area contributed by atoms with Crippen LogP contribution in [0.25, 0.3) is 0 Å². The number of anilines is 1. The quantitative estimate of drug-likeness (QED) is 0.802. The van der Waals surface area contributed by atoms with Crippen molar-refractivity contribution in [3.05, 3.63) is 11.6 Å². The lowest BCUT2D eigenvalue weighted by atomic mass is 10.4. The summed E-state index contributed by atoms with van der Waals surface area (Å²) >= 11 is 6.33. The Balaban J connectivity index is 2.02. The van der Waals surface area contributed by atoms with Gasteiger partial charge in [-0.05, 0) is 6.92 Å². The van der Waals surface area contributed by atoms with Crippen molar-refractivity contribution in [2.24, 2.45) is 5.73 Å². The summed E-state index contributed by atoms with van der Waals surface area (Å²) in [4.78, 5) is 6.33. The maximum atomic E-state index is 12.2. The third kappa shape index (κ3) is 3.04. The molecule has 2 N–H and O–H groups in total. The molecule has 19 heavy (non-hydrogen) atoms. The Morgan fingerprint density at radius 3 is 2.58 bits per heavy atom. The lowest BCUT2D eigenvalue weighted by molar-refractivity contribution is 0.383. The van der Waals surface area contributed by atoms with Crippen LogP contribution < -0.4 is 10.6 Å². The molecular formula is C10H16N4O2S3. The van der Waals surface area contributed by atoms with Gasteiger partial charge >= 0.3 is 0 Å². The summed E-state index contributed by atoms with van der Waals surface area (Å²) in [7, 11) is -3.43. The second-order valence-electron chi connectivity index (χ2n) is 4.29. The molecule has 6 nitrogen and oxygen atoms in total. The van der Waals surface area contributed by atoms with E-state index in [1.165, 1.54) is 11.2 Å². The number of thiazole rings is 1. The predicted molar refractivity (Wildman–Crippen MR) is 81.1 cm³/mol. The first kappa shape index (κ1) is 14.6. The molecule has 1 aliphatic rings. The monoisotopic (exact) mass is 320 g/mol. The van der Waals surface area contributed by atoms with Gasteiger partial charge in [0.2, 0.25) is 10.0 Å². The number of rotatable bonds is 4. The molecule has 2 heterocycles. The largest absolute Gasteiger partial charge is 0.392 e. The van der Waals surface area contributed by atoms with E-state index in [1.54, 1.807) is 17.5 Å². The number of hydrogen-bond donors (Lipinski definition) is 1. The summed E-state index contributed by atoms with van der Waals surface area (Å²) in [6, 6.07) is 0. The first-order valence-electron chi connectivity index (χ1n) is 5.85. The fourth-order valence-corrected chi connectivity index (χ4v) is 4.35. The van der Waals surface area contributed by atoms with Gasteiger partial charge in [0.1, 0.15) is 5.25 Å². The first-order chi connectivity index (χ1) is 8.93. The van der Waals surface area contributed by atoms with Crippen LogP contribution in [0.3, 0.4) is 0 Å². The summed E-state index contributed by atoms with van der Waals surface area (Å²) in [6.45, 7) is 3.68. The molecule has 9 heteroatoms. The van der Waals surface area contributed by atoms with E-state index in [2.05, 4.69) is 9.88 Å². The van der Waals surface area contributed by atoms with Crippen LogP contribution in [-0.4, -0.2) is 54.1 Å². The van der Waals surface area contributed by atoms with Crippen molar-refractivity contribution in [3.8, 4) is 0 Å². The third-order valence-electron chi connectivity index (χ3n) is 3.14. The van der Waals surface area contributed by atoms with E-state index >= 15 is 0 Å². The zero-order valence-electron chi connectivity index (χ0n) is 10.5. The molecule has 1 saturated heterocycles. The molecule has 0 spiro atoms. The molecular weight excluding hydrogens is 304 g/mol. The fourth-order valence-electron chi connectivity index (χ4n) is 1.88. The lowest BCUT2D eigenvalue weighted by Gasteiger charge is -2.34. The molecule has 1 atom stereocenters. The zero-order chi connectivity index (χ0) is 14.0. The number of sulfonamides is 1. The van der Waals surface area contributed by atoms with Crippen LogP contribution in [0.15, 0.2) is 11.6 Å². The van der Waals surface area contributed by atoms with Gasteiger partial charge in [-0.15, -0.1) is 11.3 Å². The van der Waals surface area contributed by atoms with Gasteiger partial charge in [0.15, 0.2) is 5.13 Å². The molecule has 1 unspecified atom stereocenters. The lowest BCUT2D eigenvalue weighted by Crippen LogP contribution is -2.52. The normalized spacial score (nSPS) is 19.3. The standard InChI is InChI=1S/C10H16N4O2S3/c1-8(9(11)17)19(15,16)14-5-3-13(4-6-14)10-12-2-7-18-10/h2,7-8H,3-6H2,1H3,(H2,11,17). The second-order valence-corrected chi connectivity index (χ2v) is 7.89. The maximum absolute atomic E-state index is 12.2. The van der Waals surface area contributed by atoms with E-state index in [0.29, 0.717) is 26.2 Å². The van der Waals surface area contributed by atoms with Gasteiger partial charge in [0, 0.05) is 37.8 Å². The van der Waals surface area contributed by atoms with Gasteiger partial charge in [0.05, 0.1) is 4.99 Å². The van der Waals surface area contributed by atoms with E-state index in [0.717, 1.165) is 5.13 Å². The summed E-state index contributed by atoms with van der Waals surface area (Å²) in [5.41, 5.74) is 5.44. The fraction of sp³-hybridized carbons (Fsp3) is 0.600. The molecule has 1 aromatic heterocycles. The van der Waals surface area contributed by atoms with Crippen LogP contribution in [-0.2, 0) is 10.0 Å². The summed E-state index contributed by atoms with van der Waals surface area (Å²) < 4.78 is 26.0. The Labute approximate surface area is 122 Å². The molecule has 1 aliphatic heterocycles. The number of piperazine rings is 1. The number of nitrogens with two attached hydrogens (primary N) is 1. The van der Waals surface area contributed by atoms with E-state index in [4.69, 9.17) is 18.0 Å². The van der Waals surface area contributed by atoms with Gasteiger partial charge in [-0.25, -0.2) is 13.4 Å². The molecule has 0 amide bonds. The van der Waals surface area contributed by atoms with Crippen molar-refractivity contribution < 1.29 is 8.42 Å². The van der Waals surface area contributed by atoms with Crippen molar-refractivity contribution in [1.82, 2.24) is 9.29 Å². The average Bonchev–Trinajstić information content (AvgIpc) is 2.91. The Morgan fingerprint density at radius 2 is 2.11 bits per heavy atom. The Bertz CT molecular complexity index is 535. The van der Waals surface area contributed by atoms with Gasteiger partial charge in [-0.3, -0.25) is 0 Å². The minimum absolute atomic E-state index is 0.0161. The molecule has 0 radical (unpaired) electrons. The minimum atomic E-state index is -3.43. The molecule has 0 saturated carbocycles. The minimum Gasteiger partial charge on any atom is -0.392 e. The van der Waals surface area contributed by atoms with Crippen LogP contribution in [0.5, 0.6) is 0 Å². The SMILES string of the molecule is CC(C(N)=S)S(=O)(=O)N1CCN(c2nccs2)CC1. The van der Waals surface area contributed by atoms with Gasteiger partial charge in [-0.1, -0.05) is 12.2 Å². The molecule has 0 bridgehead atoms. The van der Waals surface area contributed by atoms with Crippen molar-refractivity contribution in [3.63, 3.8) is 0 Å². The number of hydrogen-bond acceptors (Lipinski definition) is 6. The van der Waals surface area contributed by atoms with Crippen molar-refractivity contribution in [1.29, 1.82) is 0 Å². The summed E-state index contributed by atoms with van der Waals surface area (Å²) in [5, 5.41) is 2.03. The molecule has 1 aromatic rings. The van der Waals surface area contributed by atoms with Crippen LogP contribution >= 0.6 is 23.6 Å². The smallest absolute Gasteiger partial charge is 0.223 e. The first-order valence-corrected chi connectivity index (χ1v) is 8.65. The predicted octanol–water partition coefficient (Wildman–Crippen LogP) is 0.270. The van der Waals surface area contributed by atoms with Crippen molar-refractivity contribution >= 4 is 43.7 Å². The molecule has 0 aromatic carbocycles. The third-order valence-corrected chi connectivity index (χ3v) is 6.70. The van der Waals surface area contributed by atoms with Crippen LogP contribution in [0.1, 0.15) is 6.92 Å². The Kier molecular flexibility index (Phi) is 4.39. The summed E-state index contributed by atoms with van der Waals surface area (Å²) in [5.74, 6) is 0. The molecule has 106 valence electrons. The van der Waals surface area contributed by atoms with Gasteiger partial charge in [0.25, 0.3) is 0 Å². The van der Waals surface area contributed by atoms with Crippen molar-refractivity contribution in [2.45, 2.75) is 12.2 Å². The maximum Gasteiger partial charge on any atom is 0.223 e. The zero-order valence-corrected chi connectivity index (χ0v) is 13.0. The number of nitrogens with zero attached hydrogens (tertiary/aromatic N) is 3. The highest BCUT2D eigenvalue weighted by atomic mass is 32.2. The highest BCUT2D eigenvalue weighted by Crippen LogP contribution is 2.20. The number of aromatic nitrogens is 1. The van der Waals surface area contributed by atoms with E-state index in [-0.39, 0.29) is 4.99 Å². The summed E-state index contributed by atoms with van der Waals surface area (Å²) in [6.07, 6.45) is 1.75. The molecule has 2 rings (SSSR count). The van der Waals surface area contributed by atoms with Crippen LogP contribution in [0.2, 0.25) is 0 Å². The topological polar surface area (TPSA) is 79.5 Å². The molecule has 1 fully saturated rings. The van der Waals surface area contributed by atoms with E-state index in [1.807, 2.05) is 5.38 Å². The second kappa shape index (κ2) is 5.70. The average molecular weight is 320 g/mol. The van der Waals surface area contributed by atoms with Gasteiger partial charge < -0.3 is 10.6 Å². The van der Waals surface area contributed by atoms with Crippen molar-refractivity contribution in [2.75, 3.05) is 31.1 Å².